The standard InChI is InChI=1S/C15H30N2O2S/c1-13(2)16-11-15(6-4-5-7-15)12-17-8-9-20(18,19)10-14(17)3/h13-14,16H,4-12H2,1-3H3. The van der Waals surface area contributed by atoms with Gasteiger partial charge in [0, 0.05) is 31.7 Å². The van der Waals surface area contributed by atoms with Gasteiger partial charge in [-0.25, -0.2) is 8.42 Å². The van der Waals surface area contributed by atoms with Gasteiger partial charge in [-0.15, -0.1) is 0 Å². The Hall–Kier alpha value is -0.130. The minimum absolute atomic E-state index is 0.172. The molecule has 118 valence electrons. The molecule has 1 saturated heterocycles. The molecule has 1 saturated carbocycles. The van der Waals surface area contributed by atoms with Gasteiger partial charge in [-0.05, 0) is 25.2 Å². The second-order valence-corrected chi connectivity index (χ2v) is 9.41. The first-order valence-electron chi connectivity index (χ1n) is 8.00. The molecule has 0 aromatic carbocycles. The molecule has 0 spiro atoms. The van der Waals surface area contributed by atoms with Gasteiger partial charge in [-0.3, -0.25) is 4.90 Å². The number of sulfone groups is 1. The first kappa shape index (κ1) is 16.2. The molecule has 4 nitrogen and oxygen atoms in total. The minimum atomic E-state index is -2.80. The van der Waals surface area contributed by atoms with Crippen molar-refractivity contribution in [2.45, 2.75) is 58.5 Å². The summed E-state index contributed by atoms with van der Waals surface area (Å²) in [6.07, 6.45) is 5.20. The van der Waals surface area contributed by atoms with E-state index in [0.29, 0.717) is 29.5 Å². The fraction of sp³-hybridized carbons (Fsp3) is 1.00. The summed E-state index contributed by atoms with van der Waals surface area (Å²) >= 11 is 0. The third-order valence-electron chi connectivity index (χ3n) is 4.90. The van der Waals surface area contributed by atoms with Gasteiger partial charge in [0.1, 0.15) is 0 Å². The maximum atomic E-state index is 11.7. The highest BCUT2D eigenvalue weighted by atomic mass is 32.2. The smallest absolute Gasteiger partial charge is 0.153 e. The van der Waals surface area contributed by atoms with Crippen LogP contribution >= 0.6 is 0 Å². The van der Waals surface area contributed by atoms with Gasteiger partial charge >= 0.3 is 0 Å². The molecule has 1 aliphatic carbocycles. The Morgan fingerprint density at radius 1 is 1.30 bits per heavy atom. The molecule has 5 heteroatoms. The summed E-state index contributed by atoms with van der Waals surface area (Å²) in [5.41, 5.74) is 0.361. The molecule has 2 fully saturated rings. The maximum Gasteiger partial charge on any atom is 0.153 e. The normalized spacial score (nSPS) is 29.9. The van der Waals surface area contributed by atoms with Gasteiger partial charge in [-0.2, -0.15) is 0 Å². The van der Waals surface area contributed by atoms with E-state index in [0.717, 1.165) is 13.1 Å². The number of hydrogen-bond acceptors (Lipinski definition) is 4. The van der Waals surface area contributed by atoms with Crippen molar-refractivity contribution >= 4 is 9.84 Å². The molecule has 2 rings (SSSR count). The average molecular weight is 302 g/mol. The Labute approximate surface area is 124 Å². The monoisotopic (exact) mass is 302 g/mol. The van der Waals surface area contributed by atoms with Crippen LogP contribution in [0.1, 0.15) is 46.5 Å². The molecule has 1 heterocycles. The van der Waals surface area contributed by atoms with Crippen molar-refractivity contribution in [3.8, 4) is 0 Å². The molecule has 0 bridgehead atoms. The minimum Gasteiger partial charge on any atom is -0.314 e. The predicted octanol–water partition coefficient (Wildman–Crippen LogP) is 1.66. The van der Waals surface area contributed by atoms with Crippen molar-refractivity contribution in [2.24, 2.45) is 5.41 Å². The van der Waals surface area contributed by atoms with E-state index in [1.54, 1.807) is 0 Å². The van der Waals surface area contributed by atoms with Crippen LogP contribution in [0.15, 0.2) is 0 Å². The summed E-state index contributed by atoms with van der Waals surface area (Å²) in [5, 5.41) is 3.60. The highest BCUT2D eigenvalue weighted by molar-refractivity contribution is 7.91. The van der Waals surface area contributed by atoms with E-state index in [1.807, 2.05) is 0 Å². The van der Waals surface area contributed by atoms with E-state index < -0.39 is 9.84 Å². The molecular formula is C15H30N2O2S. The van der Waals surface area contributed by atoms with Crippen molar-refractivity contribution in [3.63, 3.8) is 0 Å². The highest BCUT2D eigenvalue weighted by Gasteiger charge is 2.38. The van der Waals surface area contributed by atoms with Gasteiger partial charge in [-0.1, -0.05) is 26.7 Å². The number of nitrogens with one attached hydrogen (secondary N) is 1. The zero-order valence-electron chi connectivity index (χ0n) is 13.2. The zero-order valence-corrected chi connectivity index (χ0v) is 14.0. The molecule has 1 atom stereocenters. The molecule has 1 unspecified atom stereocenters. The van der Waals surface area contributed by atoms with E-state index in [4.69, 9.17) is 0 Å². The Balaban J connectivity index is 1.98. The number of hydrogen-bond donors (Lipinski definition) is 1. The van der Waals surface area contributed by atoms with Crippen LogP contribution in [0, 0.1) is 5.41 Å². The molecular weight excluding hydrogens is 272 g/mol. The van der Waals surface area contributed by atoms with Gasteiger partial charge in [0.05, 0.1) is 11.5 Å². The van der Waals surface area contributed by atoms with Crippen molar-refractivity contribution in [2.75, 3.05) is 31.1 Å². The van der Waals surface area contributed by atoms with E-state index >= 15 is 0 Å². The van der Waals surface area contributed by atoms with Crippen molar-refractivity contribution in [3.05, 3.63) is 0 Å². The Kier molecular flexibility index (Phi) is 5.14. The number of rotatable bonds is 5. The summed E-state index contributed by atoms with van der Waals surface area (Å²) in [4.78, 5) is 2.41. The average Bonchev–Trinajstić information content (AvgIpc) is 2.79. The Bertz CT molecular complexity index is 414. The fourth-order valence-electron chi connectivity index (χ4n) is 3.64. The predicted molar refractivity (Wildman–Crippen MR) is 83.7 cm³/mol. The van der Waals surface area contributed by atoms with E-state index in [-0.39, 0.29) is 6.04 Å². The fourth-order valence-corrected chi connectivity index (χ4v) is 5.26. The third-order valence-corrected chi connectivity index (χ3v) is 6.69. The summed E-state index contributed by atoms with van der Waals surface area (Å²) in [7, 11) is -2.80. The lowest BCUT2D eigenvalue weighted by molar-refractivity contribution is 0.122. The third kappa shape index (κ3) is 4.18. The van der Waals surface area contributed by atoms with Crippen LogP contribution in [0.2, 0.25) is 0 Å². The lowest BCUT2D eigenvalue weighted by Crippen LogP contribution is -2.52. The van der Waals surface area contributed by atoms with Gasteiger partial charge in [0.2, 0.25) is 0 Å². The summed E-state index contributed by atoms with van der Waals surface area (Å²) in [5.74, 6) is 0.672. The van der Waals surface area contributed by atoms with Crippen LogP contribution in [0.25, 0.3) is 0 Å². The highest BCUT2D eigenvalue weighted by Crippen LogP contribution is 2.39. The van der Waals surface area contributed by atoms with Crippen LogP contribution in [-0.4, -0.2) is 56.5 Å². The molecule has 2 aliphatic rings. The molecule has 0 aromatic heterocycles. The largest absolute Gasteiger partial charge is 0.314 e. The lowest BCUT2D eigenvalue weighted by Gasteiger charge is -2.41. The van der Waals surface area contributed by atoms with Crippen molar-refractivity contribution < 1.29 is 8.42 Å². The summed E-state index contributed by atoms with van der Waals surface area (Å²) in [6.45, 7) is 9.30. The molecule has 0 radical (unpaired) electrons. The van der Waals surface area contributed by atoms with Crippen LogP contribution in [0.5, 0.6) is 0 Å². The van der Waals surface area contributed by atoms with Crippen LogP contribution in [0.3, 0.4) is 0 Å². The molecule has 0 amide bonds. The van der Waals surface area contributed by atoms with Crippen LogP contribution in [-0.2, 0) is 9.84 Å². The van der Waals surface area contributed by atoms with Crippen LogP contribution in [0.4, 0.5) is 0 Å². The van der Waals surface area contributed by atoms with Crippen molar-refractivity contribution in [1.29, 1.82) is 0 Å². The molecule has 1 aliphatic heterocycles. The summed E-state index contributed by atoms with van der Waals surface area (Å²) in [6, 6.07) is 0.692. The van der Waals surface area contributed by atoms with E-state index in [2.05, 4.69) is 31.0 Å². The Morgan fingerprint density at radius 2 is 1.95 bits per heavy atom. The topological polar surface area (TPSA) is 49.4 Å². The van der Waals surface area contributed by atoms with E-state index in [1.165, 1.54) is 25.7 Å². The van der Waals surface area contributed by atoms with Crippen molar-refractivity contribution in [1.82, 2.24) is 10.2 Å². The first-order valence-corrected chi connectivity index (χ1v) is 9.82. The lowest BCUT2D eigenvalue weighted by atomic mass is 9.84. The molecule has 20 heavy (non-hydrogen) atoms. The number of nitrogens with zero attached hydrogens (tertiary/aromatic N) is 1. The molecule has 0 aromatic rings. The first-order chi connectivity index (χ1) is 9.32. The Morgan fingerprint density at radius 3 is 2.50 bits per heavy atom. The van der Waals surface area contributed by atoms with Gasteiger partial charge in [0.25, 0.3) is 0 Å². The van der Waals surface area contributed by atoms with E-state index in [9.17, 15) is 8.42 Å². The maximum absolute atomic E-state index is 11.7. The second kappa shape index (κ2) is 6.32. The zero-order chi connectivity index (χ0) is 14.8. The van der Waals surface area contributed by atoms with Gasteiger partial charge in [0.15, 0.2) is 9.84 Å². The second-order valence-electron chi connectivity index (χ2n) is 7.18. The summed E-state index contributed by atoms with van der Waals surface area (Å²) < 4.78 is 23.4. The van der Waals surface area contributed by atoms with Gasteiger partial charge < -0.3 is 5.32 Å². The van der Waals surface area contributed by atoms with Crippen LogP contribution < -0.4 is 5.32 Å². The molecule has 1 N–H and O–H groups in total. The quantitative estimate of drug-likeness (QED) is 0.839. The SMILES string of the molecule is CC(C)NCC1(CN2CCS(=O)(=O)CC2C)CCCC1.